The third kappa shape index (κ3) is 2.52. The highest BCUT2D eigenvalue weighted by molar-refractivity contribution is 7.35. The lowest BCUT2D eigenvalue weighted by atomic mass is 10.1. The quantitative estimate of drug-likeness (QED) is 0.543. The van der Waals surface area contributed by atoms with Gasteiger partial charge in [0.15, 0.2) is 0 Å². The van der Waals surface area contributed by atoms with E-state index in [9.17, 15) is 0 Å². The van der Waals surface area contributed by atoms with E-state index in [2.05, 4.69) is 88.4 Å². The van der Waals surface area contributed by atoms with Crippen molar-refractivity contribution in [2.45, 2.75) is 33.2 Å². The summed E-state index contributed by atoms with van der Waals surface area (Å²) in [5, 5.41) is 2.58. The Hall–Kier alpha value is -1.57. The second-order valence-electron chi connectivity index (χ2n) is 6.49. The predicted molar refractivity (Wildman–Crippen MR) is 104 cm³/mol. The fraction of sp³-hybridized carbons (Fsp3) is 0.238. The predicted octanol–water partition coefficient (Wildman–Crippen LogP) is 5.04. The molecule has 0 saturated carbocycles. The second-order valence-corrected chi connectivity index (χ2v) is 11.4. The first-order valence-electron chi connectivity index (χ1n) is 8.13. The van der Waals surface area contributed by atoms with Gasteiger partial charge in [0, 0.05) is 5.54 Å². The zero-order chi connectivity index (χ0) is 16.6. The van der Waals surface area contributed by atoms with Gasteiger partial charge >= 0.3 is 0 Å². The van der Waals surface area contributed by atoms with E-state index in [1.807, 2.05) is 0 Å². The minimum atomic E-state index is -2.42. The molecule has 2 aromatic carbocycles. The van der Waals surface area contributed by atoms with Crippen LogP contribution < -0.4 is 10.4 Å². The van der Waals surface area contributed by atoms with E-state index in [0.29, 0.717) is 5.54 Å². The Bertz CT molecular complexity index is 709. The number of rotatable bonds is 3. The molecule has 0 saturated heterocycles. The van der Waals surface area contributed by atoms with E-state index in [-0.39, 0.29) is 0 Å². The van der Waals surface area contributed by atoms with Crippen molar-refractivity contribution in [1.82, 2.24) is 0 Å². The Balaban J connectivity index is 2.27. The molecule has 2 aromatic rings. The molecule has 0 unspecified atom stereocenters. The molecular formula is C21H23ClSi. The average molecular weight is 339 g/mol. The lowest BCUT2D eigenvalue weighted by Crippen LogP contribution is -2.57. The van der Waals surface area contributed by atoms with Crippen molar-refractivity contribution < 1.29 is 0 Å². The van der Waals surface area contributed by atoms with Crippen LogP contribution in [0.3, 0.4) is 0 Å². The van der Waals surface area contributed by atoms with Crippen molar-refractivity contribution >= 4 is 28.8 Å². The maximum atomic E-state index is 7.59. The van der Waals surface area contributed by atoms with Gasteiger partial charge in [0.05, 0.1) is 0 Å². The van der Waals surface area contributed by atoms with E-state index in [0.717, 1.165) is 0 Å². The zero-order valence-electron chi connectivity index (χ0n) is 14.2. The minimum Gasteiger partial charge on any atom is -0.154 e. The minimum absolute atomic E-state index is 0.328. The van der Waals surface area contributed by atoms with Gasteiger partial charge in [-0.2, -0.15) is 11.1 Å². The molecule has 1 aliphatic carbocycles. The molecule has 2 heteroatoms. The number of halogens is 1. The molecule has 3 rings (SSSR count). The Morgan fingerprint density at radius 1 is 0.652 bits per heavy atom. The zero-order valence-corrected chi connectivity index (χ0v) is 16.0. The largest absolute Gasteiger partial charge is 0.228 e. The SMILES string of the molecule is CC1=C(C)C([Si](Cl)(c2ccccc2)c2ccccc2)C(C)=C1C. The summed E-state index contributed by atoms with van der Waals surface area (Å²) < 4.78 is 0. The summed E-state index contributed by atoms with van der Waals surface area (Å²) >= 11 is 7.59. The lowest BCUT2D eigenvalue weighted by molar-refractivity contribution is 1.10. The Labute approximate surface area is 145 Å². The van der Waals surface area contributed by atoms with Gasteiger partial charge in [0.2, 0.25) is 7.38 Å². The van der Waals surface area contributed by atoms with Crippen LogP contribution in [-0.2, 0) is 0 Å². The van der Waals surface area contributed by atoms with Crippen LogP contribution in [0.2, 0.25) is 5.54 Å². The fourth-order valence-electron chi connectivity index (χ4n) is 3.81. The van der Waals surface area contributed by atoms with Gasteiger partial charge in [-0.1, -0.05) is 71.8 Å². The van der Waals surface area contributed by atoms with Crippen LogP contribution in [0.25, 0.3) is 0 Å². The maximum absolute atomic E-state index is 7.59. The first-order chi connectivity index (χ1) is 11.0. The maximum Gasteiger partial charge on any atom is 0.228 e. The molecule has 0 radical (unpaired) electrons. The summed E-state index contributed by atoms with van der Waals surface area (Å²) in [6.45, 7) is 8.98. The molecule has 0 fully saturated rings. The van der Waals surface area contributed by atoms with Crippen molar-refractivity contribution in [3.63, 3.8) is 0 Å². The summed E-state index contributed by atoms with van der Waals surface area (Å²) in [7, 11) is -2.42. The van der Waals surface area contributed by atoms with Crippen molar-refractivity contribution in [3.8, 4) is 0 Å². The van der Waals surface area contributed by atoms with Crippen molar-refractivity contribution in [3.05, 3.63) is 83.0 Å². The summed E-state index contributed by atoms with van der Waals surface area (Å²) in [5.74, 6) is 0. The Morgan fingerprint density at radius 3 is 1.35 bits per heavy atom. The van der Waals surface area contributed by atoms with Crippen LogP contribution in [0.15, 0.2) is 83.0 Å². The number of benzene rings is 2. The highest BCUT2D eigenvalue weighted by Gasteiger charge is 2.47. The molecule has 23 heavy (non-hydrogen) atoms. The molecule has 0 heterocycles. The molecule has 0 spiro atoms. The fourth-order valence-corrected chi connectivity index (χ4v) is 9.53. The van der Waals surface area contributed by atoms with Crippen LogP contribution in [0.5, 0.6) is 0 Å². The van der Waals surface area contributed by atoms with Crippen LogP contribution in [0.4, 0.5) is 0 Å². The molecule has 0 amide bonds. The molecule has 0 aliphatic heterocycles. The Kier molecular flexibility index (Phi) is 4.35. The number of hydrogen-bond acceptors (Lipinski definition) is 0. The first kappa shape index (κ1) is 16.3. The molecule has 0 atom stereocenters. The van der Waals surface area contributed by atoms with Crippen molar-refractivity contribution in [1.29, 1.82) is 0 Å². The van der Waals surface area contributed by atoms with Gasteiger partial charge in [-0.3, -0.25) is 0 Å². The number of allylic oxidation sites excluding steroid dienone is 4. The number of hydrogen-bond donors (Lipinski definition) is 0. The Morgan fingerprint density at radius 2 is 1.00 bits per heavy atom. The van der Waals surface area contributed by atoms with Gasteiger partial charge in [-0.15, -0.1) is 0 Å². The van der Waals surface area contributed by atoms with E-state index < -0.39 is 7.38 Å². The smallest absolute Gasteiger partial charge is 0.154 e. The second kappa shape index (κ2) is 6.14. The summed E-state index contributed by atoms with van der Waals surface area (Å²) in [6, 6.07) is 21.4. The van der Waals surface area contributed by atoms with E-state index in [4.69, 9.17) is 11.1 Å². The standard InChI is InChI=1S/C21H23ClSi/c1-15-16(2)18(4)21(17(15)3)23(22,19-11-7-5-8-12-19)20-13-9-6-10-14-20/h5-14,21H,1-4H3. The van der Waals surface area contributed by atoms with Gasteiger partial charge in [0.1, 0.15) is 0 Å². The normalized spacial score (nSPS) is 16.4. The molecule has 0 bridgehead atoms. The van der Waals surface area contributed by atoms with Crippen LogP contribution >= 0.6 is 11.1 Å². The average Bonchev–Trinajstić information content (AvgIpc) is 2.79. The molecule has 0 nitrogen and oxygen atoms in total. The van der Waals surface area contributed by atoms with Crippen molar-refractivity contribution in [2.24, 2.45) is 0 Å². The first-order valence-corrected chi connectivity index (χ1v) is 11.2. The van der Waals surface area contributed by atoms with Gasteiger partial charge in [0.25, 0.3) is 0 Å². The van der Waals surface area contributed by atoms with Gasteiger partial charge < -0.3 is 0 Å². The molecule has 0 aromatic heterocycles. The van der Waals surface area contributed by atoms with Crippen LogP contribution in [0.1, 0.15) is 27.7 Å². The molecule has 118 valence electrons. The topological polar surface area (TPSA) is 0 Å². The van der Waals surface area contributed by atoms with E-state index in [1.54, 1.807) is 0 Å². The highest BCUT2D eigenvalue weighted by Crippen LogP contribution is 2.47. The molecule has 0 N–H and O–H groups in total. The third-order valence-electron chi connectivity index (χ3n) is 5.40. The van der Waals surface area contributed by atoms with E-state index >= 15 is 0 Å². The molecule has 1 aliphatic rings. The summed E-state index contributed by atoms with van der Waals surface area (Å²) in [4.78, 5) is 0. The monoisotopic (exact) mass is 338 g/mol. The highest BCUT2D eigenvalue weighted by atomic mass is 35.6. The van der Waals surface area contributed by atoms with Crippen LogP contribution in [-0.4, -0.2) is 7.38 Å². The summed E-state index contributed by atoms with van der Waals surface area (Å²) in [5.41, 5.74) is 6.03. The lowest BCUT2D eigenvalue weighted by Gasteiger charge is -2.34. The molecular weight excluding hydrogens is 316 g/mol. The van der Waals surface area contributed by atoms with Gasteiger partial charge in [-0.25, -0.2) is 0 Å². The summed E-state index contributed by atoms with van der Waals surface area (Å²) in [6.07, 6.45) is 0. The third-order valence-corrected chi connectivity index (χ3v) is 11.4. The van der Waals surface area contributed by atoms with E-state index in [1.165, 1.54) is 32.7 Å². The van der Waals surface area contributed by atoms with Gasteiger partial charge in [-0.05, 0) is 49.2 Å². The van der Waals surface area contributed by atoms with Crippen LogP contribution in [0, 0.1) is 0 Å². The van der Waals surface area contributed by atoms with Crippen molar-refractivity contribution in [2.75, 3.05) is 0 Å².